The lowest BCUT2D eigenvalue weighted by molar-refractivity contribution is -0.197. The van der Waals surface area contributed by atoms with Crippen molar-refractivity contribution in [1.82, 2.24) is 25.1 Å². The third kappa shape index (κ3) is 6.15. The summed E-state index contributed by atoms with van der Waals surface area (Å²) in [5.41, 5.74) is 1.86. The van der Waals surface area contributed by atoms with E-state index in [1.54, 1.807) is 34.0 Å². The van der Waals surface area contributed by atoms with E-state index in [1.165, 1.54) is 17.1 Å². The summed E-state index contributed by atoms with van der Waals surface area (Å²) in [6.45, 7) is 2.35. The lowest BCUT2D eigenvalue weighted by Crippen LogP contribution is -2.71. The van der Waals surface area contributed by atoms with Crippen molar-refractivity contribution in [3.8, 4) is 0 Å². The maximum absolute atomic E-state index is 13.3. The molecule has 0 saturated carbocycles. The highest BCUT2D eigenvalue weighted by Gasteiger charge is 2.50. The number of halogens is 1. The molecule has 2 unspecified atom stereocenters. The molecule has 0 radical (unpaired) electrons. The van der Waals surface area contributed by atoms with Crippen LogP contribution in [0.15, 0.2) is 54.6 Å². The van der Waals surface area contributed by atoms with Crippen LogP contribution >= 0.6 is 0 Å². The van der Waals surface area contributed by atoms with Gasteiger partial charge in [-0.05, 0) is 43.1 Å². The van der Waals surface area contributed by atoms with E-state index in [0.29, 0.717) is 13.2 Å². The highest BCUT2D eigenvalue weighted by molar-refractivity contribution is 5.91. The Morgan fingerprint density at radius 2 is 1.84 bits per heavy atom. The monoisotopic (exact) mass is 511 g/mol. The standard InChI is InChI=1S/C19H24N4O4.C8H10FN/c1-20-12-17(25)23-16(22(20)13-24)11-21(10-15-8-5-9-27-15)19(26)18(23)14-6-3-2-4-7-14;1-10-6-7-2-4-8(9)5-3-7/h2-4,6-7,13,15-16,18H,5,8-12H2,1H3;2-5,10H,6H2,1H3/t15?,16?,18-;/m0./s1. The van der Waals surface area contributed by atoms with Crippen LogP contribution in [-0.2, 0) is 25.7 Å². The van der Waals surface area contributed by atoms with E-state index in [2.05, 4.69) is 5.32 Å². The molecule has 2 aromatic rings. The van der Waals surface area contributed by atoms with Crippen molar-refractivity contribution in [2.24, 2.45) is 0 Å². The third-order valence-electron chi connectivity index (χ3n) is 6.85. The molecular formula is C27H34FN5O4. The number of piperazine rings is 1. The van der Waals surface area contributed by atoms with Crippen molar-refractivity contribution in [3.63, 3.8) is 0 Å². The van der Waals surface area contributed by atoms with Crippen molar-refractivity contribution >= 4 is 18.2 Å². The second-order valence-electron chi connectivity index (χ2n) is 9.43. The van der Waals surface area contributed by atoms with Gasteiger partial charge < -0.3 is 19.9 Å². The summed E-state index contributed by atoms with van der Waals surface area (Å²) in [7, 11) is 3.57. The molecule has 3 aliphatic rings. The molecule has 3 heterocycles. The summed E-state index contributed by atoms with van der Waals surface area (Å²) in [6, 6.07) is 15.0. The van der Waals surface area contributed by atoms with Crippen molar-refractivity contribution in [1.29, 1.82) is 0 Å². The van der Waals surface area contributed by atoms with Crippen LogP contribution in [0.25, 0.3) is 0 Å². The molecule has 5 rings (SSSR count). The molecule has 0 spiro atoms. The van der Waals surface area contributed by atoms with E-state index in [1.807, 2.05) is 37.4 Å². The second kappa shape index (κ2) is 12.3. The molecule has 0 aliphatic carbocycles. The Morgan fingerprint density at radius 1 is 1.11 bits per heavy atom. The molecule has 0 aromatic heterocycles. The predicted molar refractivity (Wildman–Crippen MR) is 135 cm³/mol. The number of carbonyl (C=O) groups excluding carboxylic acids is 3. The van der Waals surface area contributed by atoms with Crippen LogP contribution in [0.5, 0.6) is 0 Å². The first-order chi connectivity index (χ1) is 17.9. The average molecular weight is 512 g/mol. The zero-order valence-electron chi connectivity index (χ0n) is 21.3. The van der Waals surface area contributed by atoms with Gasteiger partial charge in [-0.3, -0.25) is 19.4 Å². The Morgan fingerprint density at radius 3 is 2.46 bits per heavy atom. The zero-order chi connectivity index (χ0) is 26.4. The molecular weight excluding hydrogens is 477 g/mol. The van der Waals surface area contributed by atoms with Gasteiger partial charge in [-0.1, -0.05) is 42.5 Å². The number of hydrogen-bond acceptors (Lipinski definition) is 6. The normalized spacial score (nSPS) is 24.0. The van der Waals surface area contributed by atoms with Gasteiger partial charge in [-0.25, -0.2) is 9.40 Å². The Balaban J connectivity index is 0.000000270. The highest BCUT2D eigenvalue weighted by atomic mass is 19.1. The topological polar surface area (TPSA) is 85.4 Å². The number of nitrogens with zero attached hydrogens (tertiary/aromatic N) is 4. The molecule has 198 valence electrons. The van der Waals surface area contributed by atoms with Crippen molar-refractivity contribution < 1.29 is 23.5 Å². The molecule has 3 atom stereocenters. The summed E-state index contributed by atoms with van der Waals surface area (Å²) < 4.78 is 18.0. The van der Waals surface area contributed by atoms with Gasteiger partial charge in [0.1, 0.15) is 18.0 Å². The summed E-state index contributed by atoms with van der Waals surface area (Å²) in [4.78, 5) is 41.2. The SMILES string of the molecule is CN1CC(=O)N2C(CN(CC3CCCO3)C(=O)[C@@H]2c2ccccc2)N1C=O.CNCc1ccc(F)cc1. The molecule has 3 aliphatic heterocycles. The minimum Gasteiger partial charge on any atom is -0.376 e. The van der Waals surface area contributed by atoms with Crippen LogP contribution in [0, 0.1) is 5.82 Å². The minimum absolute atomic E-state index is 0.0126. The van der Waals surface area contributed by atoms with Crippen molar-refractivity contribution in [3.05, 3.63) is 71.5 Å². The summed E-state index contributed by atoms with van der Waals surface area (Å²) >= 11 is 0. The molecule has 0 bridgehead atoms. The Kier molecular flexibility index (Phi) is 8.86. The molecule has 3 amide bonds. The lowest BCUT2D eigenvalue weighted by atomic mass is 9.98. The van der Waals surface area contributed by atoms with E-state index in [-0.39, 0.29) is 36.8 Å². The quantitative estimate of drug-likeness (QED) is 0.595. The van der Waals surface area contributed by atoms with Crippen molar-refractivity contribution in [2.75, 3.05) is 40.3 Å². The van der Waals surface area contributed by atoms with Crippen LogP contribution in [0.4, 0.5) is 4.39 Å². The fraction of sp³-hybridized carbons (Fsp3) is 0.444. The number of fused-ring (bicyclic) bond motifs is 1. The minimum atomic E-state index is -0.727. The van der Waals surface area contributed by atoms with Gasteiger partial charge in [0.05, 0.1) is 19.2 Å². The number of likely N-dealkylation sites (N-methyl/N-ethyl adjacent to an activating group) is 1. The number of amides is 3. The van der Waals surface area contributed by atoms with E-state index < -0.39 is 12.2 Å². The number of nitrogens with one attached hydrogen (secondary N) is 1. The largest absolute Gasteiger partial charge is 0.376 e. The maximum atomic E-state index is 13.3. The Hall–Kier alpha value is -3.34. The number of ether oxygens (including phenoxy) is 1. The zero-order valence-corrected chi connectivity index (χ0v) is 21.3. The van der Waals surface area contributed by atoms with E-state index in [0.717, 1.165) is 36.9 Å². The summed E-state index contributed by atoms with van der Waals surface area (Å²) in [5, 5.41) is 6.10. The maximum Gasteiger partial charge on any atom is 0.250 e. The molecule has 3 saturated heterocycles. The summed E-state index contributed by atoms with van der Waals surface area (Å²) in [6.07, 6.45) is 2.14. The first-order valence-electron chi connectivity index (χ1n) is 12.5. The Labute approximate surface area is 216 Å². The molecule has 3 fully saturated rings. The first kappa shape index (κ1) is 26.7. The van der Waals surface area contributed by atoms with Crippen LogP contribution < -0.4 is 5.32 Å². The second-order valence-corrected chi connectivity index (χ2v) is 9.43. The van der Waals surface area contributed by atoms with Gasteiger partial charge in [0.2, 0.25) is 18.2 Å². The molecule has 2 aromatic carbocycles. The number of benzene rings is 2. The fourth-order valence-electron chi connectivity index (χ4n) is 5.04. The molecule has 1 N–H and O–H groups in total. The fourth-order valence-corrected chi connectivity index (χ4v) is 5.04. The van der Waals surface area contributed by atoms with Gasteiger partial charge in [0.25, 0.3) is 0 Å². The van der Waals surface area contributed by atoms with Crippen LogP contribution in [0.3, 0.4) is 0 Å². The third-order valence-corrected chi connectivity index (χ3v) is 6.85. The van der Waals surface area contributed by atoms with E-state index in [4.69, 9.17) is 4.74 Å². The number of hydrogen-bond donors (Lipinski definition) is 1. The smallest absolute Gasteiger partial charge is 0.250 e. The number of rotatable bonds is 6. The molecule has 10 heteroatoms. The van der Waals surface area contributed by atoms with Gasteiger partial charge >= 0.3 is 0 Å². The molecule has 37 heavy (non-hydrogen) atoms. The molecule has 9 nitrogen and oxygen atoms in total. The van der Waals surface area contributed by atoms with E-state index in [9.17, 15) is 18.8 Å². The van der Waals surface area contributed by atoms with Gasteiger partial charge in [-0.15, -0.1) is 0 Å². The van der Waals surface area contributed by atoms with Crippen LogP contribution in [0.2, 0.25) is 0 Å². The van der Waals surface area contributed by atoms with Crippen LogP contribution in [-0.4, -0.2) is 90.6 Å². The Bertz CT molecular complexity index is 1060. The van der Waals surface area contributed by atoms with Gasteiger partial charge in [0.15, 0.2) is 0 Å². The van der Waals surface area contributed by atoms with Gasteiger partial charge in [0, 0.05) is 26.7 Å². The van der Waals surface area contributed by atoms with Crippen molar-refractivity contribution in [2.45, 2.75) is 37.7 Å². The number of hydrazine groups is 1. The highest BCUT2D eigenvalue weighted by Crippen LogP contribution is 2.34. The van der Waals surface area contributed by atoms with Gasteiger partial charge in [-0.2, -0.15) is 0 Å². The van der Waals surface area contributed by atoms with E-state index >= 15 is 0 Å². The summed E-state index contributed by atoms with van der Waals surface area (Å²) in [5.74, 6) is -0.448. The van der Waals surface area contributed by atoms with Crippen LogP contribution in [0.1, 0.15) is 30.0 Å². The number of carbonyl (C=O) groups is 3. The average Bonchev–Trinajstić information content (AvgIpc) is 3.41. The lowest BCUT2D eigenvalue weighted by Gasteiger charge is -2.53. The first-order valence-corrected chi connectivity index (χ1v) is 12.5. The predicted octanol–water partition coefficient (Wildman–Crippen LogP) is 1.77.